The third-order valence-electron chi connectivity index (χ3n) is 6.06. The van der Waals surface area contributed by atoms with E-state index in [1.165, 1.54) is 11.1 Å². The summed E-state index contributed by atoms with van der Waals surface area (Å²) in [5.41, 5.74) is 2.45. The molecule has 4 nitrogen and oxygen atoms in total. The number of halogens is 1. The van der Waals surface area contributed by atoms with Crippen molar-refractivity contribution in [3.63, 3.8) is 0 Å². The molecule has 2 atom stereocenters. The van der Waals surface area contributed by atoms with Crippen molar-refractivity contribution in [2.45, 2.75) is 44.7 Å². The minimum absolute atomic E-state index is 0.0151. The van der Waals surface area contributed by atoms with Crippen molar-refractivity contribution in [3.05, 3.63) is 64.7 Å². The Bertz CT molecular complexity index is 841. The molecule has 2 aromatic carbocycles. The van der Waals surface area contributed by atoms with E-state index in [4.69, 9.17) is 16.3 Å². The van der Waals surface area contributed by atoms with Gasteiger partial charge in [-0.3, -0.25) is 9.69 Å². The maximum Gasteiger partial charge on any atom is 0.258 e. The minimum atomic E-state index is -0.0151. The number of para-hydroxylation sites is 1. The second-order valence-corrected chi connectivity index (χ2v) is 8.67. The van der Waals surface area contributed by atoms with Crippen molar-refractivity contribution < 1.29 is 9.53 Å². The third kappa shape index (κ3) is 5.52. The number of rotatable bonds is 2. The van der Waals surface area contributed by atoms with E-state index in [2.05, 4.69) is 22.3 Å². The topological polar surface area (TPSA) is 41.6 Å². The Labute approximate surface area is 178 Å². The molecule has 2 heterocycles. The van der Waals surface area contributed by atoms with Gasteiger partial charge in [0.1, 0.15) is 5.75 Å². The van der Waals surface area contributed by atoms with E-state index in [-0.39, 0.29) is 18.6 Å². The highest BCUT2D eigenvalue weighted by molar-refractivity contribution is 6.30. The van der Waals surface area contributed by atoms with Gasteiger partial charge in [0.25, 0.3) is 5.91 Å². The first-order valence-electron chi connectivity index (χ1n) is 10.6. The number of aryl methyl sites for hydroxylation is 1. The van der Waals surface area contributed by atoms with Crippen LogP contribution in [0.2, 0.25) is 5.02 Å². The lowest BCUT2D eigenvalue weighted by Crippen LogP contribution is -2.51. The van der Waals surface area contributed by atoms with Crippen molar-refractivity contribution in [3.8, 4) is 5.75 Å². The number of nitrogens with one attached hydrogen (secondary N) is 1. The van der Waals surface area contributed by atoms with E-state index in [0.717, 1.165) is 62.5 Å². The van der Waals surface area contributed by atoms with E-state index >= 15 is 0 Å². The van der Waals surface area contributed by atoms with Gasteiger partial charge in [-0.15, -0.1) is 0 Å². The normalized spacial score (nSPS) is 23.6. The number of amides is 1. The molecule has 2 aliphatic heterocycles. The molecule has 2 aromatic rings. The van der Waals surface area contributed by atoms with Gasteiger partial charge in [-0.25, -0.2) is 0 Å². The molecule has 0 aliphatic carbocycles. The van der Waals surface area contributed by atoms with E-state index < -0.39 is 0 Å². The van der Waals surface area contributed by atoms with Crippen LogP contribution in [0.25, 0.3) is 0 Å². The number of nitrogens with zero attached hydrogens (tertiary/aromatic N) is 1. The number of benzene rings is 2. The van der Waals surface area contributed by atoms with Crippen molar-refractivity contribution in [2.75, 3.05) is 19.7 Å². The Balaban J connectivity index is 1.41. The predicted octanol–water partition coefficient (Wildman–Crippen LogP) is 4.45. The maximum absolute atomic E-state index is 12.5. The van der Waals surface area contributed by atoms with Gasteiger partial charge < -0.3 is 10.1 Å². The van der Waals surface area contributed by atoms with Gasteiger partial charge in [0.05, 0.1) is 0 Å². The minimum Gasteiger partial charge on any atom is -0.483 e. The number of hydrogen-bond donors (Lipinski definition) is 1. The summed E-state index contributed by atoms with van der Waals surface area (Å²) in [6.45, 7) is 2.99. The first-order valence-corrected chi connectivity index (χ1v) is 11.0. The second-order valence-electron chi connectivity index (χ2n) is 8.23. The molecule has 0 saturated carbocycles. The summed E-state index contributed by atoms with van der Waals surface area (Å²) in [6.07, 6.45) is 5.43. The fourth-order valence-electron chi connectivity index (χ4n) is 4.59. The van der Waals surface area contributed by atoms with E-state index in [1.807, 2.05) is 36.4 Å². The zero-order valence-corrected chi connectivity index (χ0v) is 17.5. The van der Waals surface area contributed by atoms with Crippen LogP contribution in [0.4, 0.5) is 0 Å². The average Bonchev–Trinajstić information content (AvgIpc) is 2.71. The van der Waals surface area contributed by atoms with Gasteiger partial charge >= 0.3 is 0 Å². The van der Waals surface area contributed by atoms with Gasteiger partial charge in [0, 0.05) is 30.7 Å². The summed E-state index contributed by atoms with van der Waals surface area (Å²) in [5, 5.41) is 4.04. The fourth-order valence-corrected chi connectivity index (χ4v) is 4.80. The van der Waals surface area contributed by atoms with Gasteiger partial charge in [0.2, 0.25) is 0 Å². The molecule has 5 heteroatoms. The van der Waals surface area contributed by atoms with Crippen LogP contribution in [0, 0.1) is 5.92 Å². The molecule has 1 fully saturated rings. The molecular formula is C24H29ClN2O2. The van der Waals surface area contributed by atoms with Crippen molar-refractivity contribution in [1.29, 1.82) is 0 Å². The van der Waals surface area contributed by atoms with Gasteiger partial charge in [-0.05, 0) is 60.9 Å². The summed E-state index contributed by atoms with van der Waals surface area (Å²) >= 11 is 6.15. The number of hydrogen-bond acceptors (Lipinski definition) is 3. The van der Waals surface area contributed by atoms with Gasteiger partial charge in [0.15, 0.2) is 6.61 Å². The molecule has 0 aromatic heterocycles. The molecule has 0 bridgehead atoms. The summed E-state index contributed by atoms with van der Waals surface area (Å²) < 4.78 is 5.83. The predicted molar refractivity (Wildman–Crippen MR) is 116 cm³/mol. The van der Waals surface area contributed by atoms with Crippen LogP contribution in [0.3, 0.4) is 0 Å². The van der Waals surface area contributed by atoms with Crippen molar-refractivity contribution >= 4 is 17.5 Å². The number of carbonyl (C=O) groups is 1. The van der Waals surface area contributed by atoms with E-state index in [1.54, 1.807) is 0 Å². The Morgan fingerprint density at radius 1 is 1.10 bits per heavy atom. The zero-order valence-electron chi connectivity index (χ0n) is 16.8. The first kappa shape index (κ1) is 20.2. The molecule has 1 saturated heterocycles. The molecule has 29 heavy (non-hydrogen) atoms. The van der Waals surface area contributed by atoms with Crippen LogP contribution in [0.1, 0.15) is 36.8 Å². The lowest BCUT2D eigenvalue weighted by molar-refractivity contribution is -0.124. The Hall–Kier alpha value is -2.04. The first-order chi connectivity index (χ1) is 14.2. The SMILES string of the molecule is O=C1COc2ccccc2CCCC[C@H]2CN(Cc3cccc(Cl)c3)CC[C@H]2N1. The largest absolute Gasteiger partial charge is 0.483 e. The van der Waals surface area contributed by atoms with Gasteiger partial charge in [-0.2, -0.15) is 0 Å². The molecule has 0 spiro atoms. The number of ether oxygens (including phenoxy) is 1. The van der Waals surface area contributed by atoms with Crippen molar-refractivity contribution in [2.24, 2.45) is 5.92 Å². The molecule has 0 radical (unpaired) electrons. The summed E-state index contributed by atoms with van der Waals surface area (Å²) in [6, 6.07) is 16.4. The highest BCUT2D eigenvalue weighted by Gasteiger charge is 2.30. The molecule has 2 aliphatic rings. The highest BCUT2D eigenvalue weighted by Crippen LogP contribution is 2.27. The Morgan fingerprint density at radius 2 is 2.00 bits per heavy atom. The Morgan fingerprint density at radius 3 is 2.90 bits per heavy atom. The van der Waals surface area contributed by atoms with Crippen LogP contribution in [0.15, 0.2) is 48.5 Å². The molecular weight excluding hydrogens is 384 g/mol. The standard InChI is InChI=1S/C24H29ClN2O2/c25-21-10-5-6-18(14-21)15-27-13-12-22-20(16-27)9-2-1-7-19-8-3-4-11-23(19)29-17-24(28)26-22/h3-6,8,10-11,14,20,22H,1-2,7,9,12-13,15-17H2,(H,26,28)/t20-,22+/m0/s1. The van der Waals surface area contributed by atoms with Gasteiger partial charge in [-0.1, -0.05) is 48.4 Å². The second kappa shape index (κ2) is 9.64. The number of piperidine rings is 1. The molecule has 1 amide bonds. The molecule has 1 N–H and O–H groups in total. The monoisotopic (exact) mass is 412 g/mol. The number of carbonyl (C=O) groups excluding carboxylic acids is 1. The molecule has 154 valence electrons. The molecule has 0 unspecified atom stereocenters. The zero-order chi connectivity index (χ0) is 20.1. The fraction of sp³-hybridized carbons (Fsp3) is 0.458. The smallest absolute Gasteiger partial charge is 0.258 e. The molecule has 4 rings (SSSR count). The summed E-state index contributed by atoms with van der Waals surface area (Å²) in [4.78, 5) is 15.0. The quantitative estimate of drug-likeness (QED) is 0.792. The summed E-state index contributed by atoms with van der Waals surface area (Å²) in [5.74, 6) is 1.30. The lowest BCUT2D eigenvalue weighted by Gasteiger charge is -2.39. The summed E-state index contributed by atoms with van der Waals surface area (Å²) in [7, 11) is 0. The van der Waals surface area contributed by atoms with Crippen LogP contribution in [-0.4, -0.2) is 36.5 Å². The average molecular weight is 413 g/mol. The number of likely N-dealkylation sites (tertiary alicyclic amines) is 1. The van der Waals surface area contributed by atoms with Crippen molar-refractivity contribution in [1.82, 2.24) is 10.2 Å². The van der Waals surface area contributed by atoms with Crippen LogP contribution in [-0.2, 0) is 17.8 Å². The van der Waals surface area contributed by atoms with E-state index in [9.17, 15) is 4.79 Å². The maximum atomic E-state index is 12.5. The lowest BCUT2D eigenvalue weighted by atomic mass is 9.87. The van der Waals surface area contributed by atoms with E-state index in [0.29, 0.717) is 5.92 Å². The highest BCUT2D eigenvalue weighted by atomic mass is 35.5. The third-order valence-corrected chi connectivity index (χ3v) is 6.30. The van der Waals surface area contributed by atoms with Crippen LogP contribution < -0.4 is 10.1 Å². The number of fused-ring (bicyclic) bond motifs is 2. The van der Waals surface area contributed by atoms with Crippen LogP contribution >= 0.6 is 11.6 Å². The Kier molecular flexibility index (Phi) is 6.73. The van der Waals surface area contributed by atoms with Crippen LogP contribution in [0.5, 0.6) is 5.75 Å².